The van der Waals surface area contributed by atoms with Gasteiger partial charge in [0.2, 0.25) is 0 Å². The second-order valence-corrected chi connectivity index (χ2v) is 3.61. The summed E-state index contributed by atoms with van der Waals surface area (Å²) in [5, 5.41) is 0. The van der Waals surface area contributed by atoms with Gasteiger partial charge >= 0.3 is 0 Å². The third kappa shape index (κ3) is 2.15. The highest BCUT2D eigenvalue weighted by molar-refractivity contribution is 6.10. The van der Waals surface area contributed by atoms with Gasteiger partial charge in [0.15, 0.2) is 5.78 Å². The number of likely N-dealkylation sites (N-methyl/N-ethyl adjacent to an activating group) is 1. The van der Waals surface area contributed by atoms with Gasteiger partial charge in [0.1, 0.15) is 0 Å². The van der Waals surface area contributed by atoms with Crippen LogP contribution in [0.1, 0.15) is 10.4 Å². The predicted molar refractivity (Wildman–Crippen MR) is 60.6 cm³/mol. The average Bonchev–Trinajstić information content (AvgIpc) is 2.30. The smallest absolute Gasteiger partial charge is 0.192 e. The molecule has 0 fully saturated rings. The fourth-order valence-corrected chi connectivity index (χ4v) is 1.50. The minimum atomic E-state index is 0.0972. The molecule has 0 N–H and O–H groups in total. The first-order valence-corrected chi connectivity index (χ1v) is 4.96. The van der Waals surface area contributed by atoms with Gasteiger partial charge in [-0.2, -0.15) is 0 Å². The lowest BCUT2D eigenvalue weighted by atomic mass is 10.0. The Balaban J connectivity index is 2.20. The van der Waals surface area contributed by atoms with Crippen LogP contribution in [0, 0.1) is 0 Å². The third-order valence-electron chi connectivity index (χ3n) is 2.41. The van der Waals surface area contributed by atoms with Gasteiger partial charge < -0.3 is 4.90 Å². The normalized spacial score (nSPS) is 15.0. The number of Topliss-reactive ketones (excluding diaryl/α,β-unsaturated/α-hetero) is 1. The zero-order chi connectivity index (χ0) is 10.7. The molecule has 1 aromatic rings. The monoisotopic (exact) mass is 199 g/mol. The number of benzene rings is 1. The summed E-state index contributed by atoms with van der Waals surface area (Å²) in [5.74, 6) is 0.0972. The van der Waals surface area contributed by atoms with Crippen molar-refractivity contribution in [2.24, 2.45) is 0 Å². The summed E-state index contributed by atoms with van der Waals surface area (Å²) in [6.45, 7) is 0.796. The predicted octanol–water partition coefficient (Wildman–Crippen LogP) is 2.25. The molecule has 1 aromatic carbocycles. The Labute approximate surface area is 89.5 Å². The molecule has 0 amide bonds. The van der Waals surface area contributed by atoms with Crippen molar-refractivity contribution in [1.29, 1.82) is 0 Å². The highest BCUT2D eigenvalue weighted by Crippen LogP contribution is 2.12. The van der Waals surface area contributed by atoms with E-state index >= 15 is 0 Å². The van der Waals surface area contributed by atoms with Crippen LogP contribution in [0.15, 0.2) is 54.3 Å². The van der Waals surface area contributed by atoms with Crippen molar-refractivity contribution in [2.75, 3.05) is 13.6 Å². The van der Waals surface area contributed by atoms with Crippen LogP contribution < -0.4 is 0 Å². The number of hydrogen-bond acceptors (Lipinski definition) is 2. The van der Waals surface area contributed by atoms with E-state index in [4.69, 9.17) is 0 Å². The summed E-state index contributed by atoms with van der Waals surface area (Å²) in [6, 6.07) is 9.36. The molecule has 76 valence electrons. The van der Waals surface area contributed by atoms with E-state index in [1.165, 1.54) is 0 Å². The molecule has 2 nitrogen and oxygen atoms in total. The summed E-state index contributed by atoms with van der Waals surface area (Å²) < 4.78 is 0. The van der Waals surface area contributed by atoms with Crippen LogP contribution in [-0.4, -0.2) is 24.3 Å². The van der Waals surface area contributed by atoms with Gasteiger partial charge in [0, 0.05) is 24.7 Å². The molecule has 0 saturated heterocycles. The van der Waals surface area contributed by atoms with Crippen LogP contribution >= 0.6 is 0 Å². The van der Waals surface area contributed by atoms with Crippen molar-refractivity contribution in [2.45, 2.75) is 0 Å². The molecule has 0 unspecified atom stereocenters. The topological polar surface area (TPSA) is 20.3 Å². The van der Waals surface area contributed by atoms with Crippen molar-refractivity contribution >= 4 is 5.78 Å². The number of ketones is 1. The van der Waals surface area contributed by atoms with Gasteiger partial charge in [0.25, 0.3) is 0 Å². The fourth-order valence-electron chi connectivity index (χ4n) is 1.50. The second-order valence-electron chi connectivity index (χ2n) is 3.61. The van der Waals surface area contributed by atoms with Crippen LogP contribution in [0.5, 0.6) is 0 Å². The second kappa shape index (κ2) is 4.13. The molecule has 15 heavy (non-hydrogen) atoms. The number of rotatable bonds is 2. The lowest BCUT2D eigenvalue weighted by Gasteiger charge is -2.16. The summed E-state index contributed by atoms with van der Waals surface area (Å²) in [7, 11) is 1.98. The molecule has 0 atom stereocenters. The maximum absolute atomic E-state index is 12.0. The Hall–Kier alpha value is -1.83. The van der Waals surface area contributed by atoms with Crippen LogP contribution in [0.2, 0.25) is 0 Å². The van der Waals surface area contributed by atoms with E-state index < -0.39 is 0 Å². The van der Waals surface area contributed by atoms with Gasteiger partial charge in [-0.1, -0.05) is 36.4 Å². The first kappa shape index (κ1) is 9.71. The van der Waals surface area contributed by atoms with E-state index in [9.17, 15) is 4.79 Å². The largest absolute Gasteiger partial charge is 0.377 e. The molecule has 2 heteroatoms. The standard InChI is InChI=1S/C13H13NO/c1-14-9-7-12(8-10-14)13(15)11-5-3-2-4-6-11/h2-9H,10H2,1H3. The maximum atomic E-state index is 12.0. The molecular weight excluding hydrogens is 186 g/mol. The van der Waals surface area contributed by atoms with E-state index in [1.54, 1.807) is 0 Å². The zero-order valence-corrected chi connectivity index (χ0v) is 8.68. The third-order valence-corrected chi connectivity index (χ3v) is 2.41. The highest BCUT2D eigenvalue weighted by Gasteiger charge is 2.11. The quantitative estimate of drug-likeness (QED) is 0.681. The average molecular weight is 199 g/mol. The van der Waals surface area contributed by atoms with Crippen LogP contribution in [0.25, 0.3) is 0 Å². The highest BCUT2D eigenvalue weighted by atomic mass is 16.1. The fraction of sp³-hybridized carbons (Fsp3) is 0.154. The van der Waals surface area contributed by atoms with E-state index in [0.29, 0.717) is 0 Å². The van der Waals surface area contributed by atoms with Crippen LogP contribution in [0.3, 0.4) is 0 Å². The lowest BCUT2D eigenvalue weighted by molar-refractivity contribution is 0.103. The maximum Gasteiger partial charge on any atom is 0.192 e. The van der Waals surface area contributed by atoms with Crippen LogP contribution in [-0.2, 0) is 0 Å². The molecule has 0 aliphatic carbocycles. The van der Waals surface area contributed by atoms with E-state index in [2.05, 4.69) is 0 Å². The Morgan fingerprint density at radius 3 is 2.60 bits per heavy atom. The van der Waals surface area contributed by atoms with Crippen molar-refractivity contribution in [3.05, 3.63) is 59.8 Å². The number of nitrogens with zero attached hydrogens (tertiary/aromatic N) is 1. The van der Waals surface area contributed by atoms with Crippen molar-refractivity contribution < 1.29 is 4.79 Å². The van der Waals surface area contributed by atoms with E-state index in [1.807, 2.05) is 60.6 Å². The van der Waals surface area contributed by atoms with Crippen molar-refractivity contribution in [3.63, 3.8) is 0 Å². The first-order chi connectivity index (χ1) is 7.27. The van der Waals surface area contributed by atoms with Gasteiger partial charge in [-0.15, -0.1) is 0 Å². The summed E-state index contributed by atoms with van der Waals surface area (Å²) >= 11 is 0. The molecule has 0 bridgehead atoms. The van der Waals surface area contributed by atoms with Crippen LogP contribution in [0.4, 0.5) is 0 Å². The molecule has 1 aliphatic heterocycles. The van der Waals surface area contributed by atoms with Crippen molar-refractivity contribution in [1.82, 2.24) is 4.90 Å². The molecule has 1 aliphatic rings. The van der Waals surface area contributed by atoms with Gasteiger partial charge in [0.05, 0.1) is 0 Å². The van der Waals surface area contributed by atoms with E-state index in [0.717, 1.165) is 17.7 Å². The molecule has 2 rings (SSSR count). The molecule has 0 radical (unpaired) electrons. The lowest BCUT2D eigenvalue weighted by Crippen LogP contribution is -2.16. The number of hydrogen-bond donors (Lipinski definition) is 0. The molecular formula is C13H13NO. The number of carbonyl (C=O) groups is 1. The van der Waals surface area contributed by atoms with Crippen molar-refractivity contribution in [3.8, 4) is 0 Å². The number of allylic oxidation sites excluding steroid dienone is 2. The number of carbonyl (C=O) groups excluding carboxylic acids is 1. The Morgan fingerprint density at radius 2 is 2.00 bits per heavy atom. The molecule has 1 heterocycles. The first-order valence-electron chi connectivity index (χ1n) is 4.96. The van der Waals surface area contributed by atoms with Gasteiger partial charge in [-0.3, -0.25) is 4.79 Å². The molecule has 0 aromatic heterocycles. The minimum absolute atomic E-state index is 0.0972. The molecule has 0 spiro atoms. The zero-order valence-electron chi connectivity index (χ0n) is 8.68. The summed E-state index contributed by atoms with van der Waals surface area (Å²) in [5.41, 5.74) is 1.53. The summed E-state index contributed by atoms with van der Waals surface area (Å²) in [6.07, 6.45) is 5.74. The molecule has 0 saturated carbocycles. The van der Waals surface area contributed by atoms with E-state index in [-0.39, 0.29) is 5.78 Å². The Morgan fingerprint density at radius 1 is 1.27 bits per heavy atom. The SMILES string of the molecule is CN1C=CC(C(=O)c2ccccc2)=CC1. The Bertz CT molecular complexity index is 417. The Kier molecular flexibility index (Phi) is 2.68. The summed E-state index contributed by atoms with van der Waals surface area (Å²) in [4.78, 5) is 14.0. The van der Waals surface area contributed by atoms with Gasteiger partial charge in [-0.05, 0) is 12.3 Å². The van der Waals surface area contributed by atoms with Gasteiger partial charge in [-0.25, -0.2) is 0 Å². The minimum Gasteiger partial charge on any atom is -0.377 e.